The van der Waals surface area contributed by atoms with E-state index >= 15 is 4.39 Å². The number of methoxy groups -OCH3 is 1. The number of H-pyrrole nitrogens is 1. The van der Waals surface area contributed by atoms with Gasteiger partial charge in [-0.25, -0.2) is 14.4 Å². The molecule has 0 aliphatic carbocycles. The van der Waals surface area contributed by atoms with Crippen LogP contribution in [0.1, 0.15) is 24.5 Å². The monoisotopic (exact) mass is 341 g/mol. The number of benzene rings is 1. The molecule has 1 aliphatic heterocycles. The van der Waals surface area contributed by atoms with Gasteiger partial charge < -0.3 is 14.5 Å². The Labute approximate surface area is 145 Å². The number of halogens is 1. The summed E-state index contributed by atoms with van der Waals surface area (Å²) in [5.74, 6) is 0.0102. The normalized spacial score (nSPS) is 17.0. The predicted molar refractivity (Wildman–Crippen MR) is 92.6 cm³/mol. The second-order valence-electron chi connectivity index (χ2n) is 6.27. The molecule has 1 aromatic carbocycles. The van der Waals surface area contributed by atoms with E-state index in [9.17, 15) is 0 Å². The third kappa shape index (κ3) is 2.92. The summed E-state index contributed by atoms with van der Waals surface area (Å²) >= 11 is 0. The van der Waals surface area contributed by atoms with Gasteiger partial charge in [0.15, 0.2) is 5.65 Å². The number of aromatic amines is 1. The number of rotatable bonds is 4. The molecule has 25 heavy (non-hydrogen) atoms. The van der Waals surface area contributed by atoms with Crippen LogP contribution in [0.25, 0.3) is 22.3 Å². The van der Waals surface area contributed by atoms with Crippen molar-refractivity contribution in [2.45, 2.75) is 18.9 Å². The first-order valence-corrected chi connectivity index (χ1v) is 8.47. The molecule has 0 spiro atoms. The molecule has 3 aromatic rings. The lowest BCUT2D eigenvalue weighted by Crippen LogP contribution is -2.24. The molecule has 0 saturated carbocycles. The summed E-state index contributed by atoms with van der Waals surface area (Å²) in [6.07, 6.45) is 4.70. The summed E-state index contributed by atoms with van der Waals surface area (Å²) in [5, 5.41) is 0. The molecule has 6 heteroatoms. The van der Waals surface area contributed by atoms with Gasteiger partial charge >= 0.3 is 0 Å². The molecule has 0 amide bonds. The van der Waals surface area contributed by atoms with Gasteiger partial charge in [0.05, 0.1) is 17.9 Å². The van der Waals surface area contributed by atoms with Crippen LogP contribution in [0, 0.1) is 11.7 Å². The van der Waals surface area contributed by atoms with Crippen LogP contribution < -0.4 is 0 Å². The van der Waals surface area contributed by atoms with Crippen LogP contribution in [0.4, 0.5) is 4.39 Å². The van der Waals surface area contributed by atoms with Crippen molar-refractivity contribution in [2.24, 2.45) is 5.92 Å². The van der Waals surface area contributed by atoms with E-state index in [4.69, 9.17) is 9.47 Å². The Balaban J connectivity index is 1.78. The number of ether oxygens (including phenoxy) is 2. The van der Waals surface area contributed by atoms with Crippen molar-refractivity contribution in [3.05, 3.63) is 48.2 Å². The molecule has 1 aliphatic rings. The zero-order valence-corrected chi connectivity index (χ0v) is 14.0. The number of nitrogens with one attached hydrogen (secondary N) is 1. The van der Waals surface area contributed by atoms with E-state index in [1.165, 1.54) is 0 Å². The quantitative estimate of drug-likeness (QED) is 0.782. The Morgan fingerprint density at radius 2 is 2.04 bits per heavy atom. The summed E-state index contributed by atoms with van der Waals surface area (Å²) in [6, 6.07) is 7.28. The molecule has 1 atom stereocenters. The van der Waals surface area contributed by atoms with E-state index in [0.29, 0.717) is 30.0 Å². The van der Waals surface area contributed by atoms with Gasteiger partial charge in [-0.05, 0) is 24.8 Å². The molecule has 5 nitrogen and oxygen atoms in total. The lowest BCUT2D eigenvalue weighted by atomic mass is 9.87. The number of imidazole rings is 1. The number of pyridine rings is 1. The second-order valence-corrected chi connectivity index (χ2v) is 6.27. The summed E-state index contributed by atoms with van der Waals surface area (Å²) in [6.45, 7) is 1.40. The van der Waals surface area contributed by atoms with Gasteiger partial charge in [-0.3, -0.25) is 0 Å². The van der Waals surface area contributed by atoms with Crippen LogP contribution in [0.3, 0.4) is 0 Å². The van der Waals surface area contributed by atoms with Crippen LogP contribution >= 0.6 is 0 Å². The van der Waals surface area contributed by atoms with Gasteiger partial charge in [0.25, 0.3) is 0 Å². The molecule has 1 unspecified atom stereocenters. The van der Waals surface area contributed by atoms with Crippen molar-refractivity contribution in [1.82, 2.24) is 15.0 Å². The summed E-state index contributed by atoms with van der Waals surface area (Å²) < 4.78 is 26.5. The summed E-state index contributed by atoms with van der Waals surface area (Å²) in [4.78, 5) is 11.4. The Hall–Kier alpha value is -2.31. The van der Waals surface area contributed by atoms with Crippen molar-refractivity contribution in [3.63, 3.8) is 0 Å². The lowest BCUT2D eigenvalue weighted by molar-refractivity contribution is -0.0159. The van der Waals surface area contributed by atoms with Crippen molar-refractivity contribution in [1.29, 1.82) is 0 Å². The van der Waals surface area contributed by atoms with Crippen molar-refractivity contribution >= 4 is 11.2 Å². The molecule has 0 radical (unpaired) electrons. The first kappa shape index (κ1) is 16.2. The molecule has 130 valence electrons. The topological polar surface area (TPSA) is 60.0 Å². The van der Waals surface area contributed by atoms with Gasteiger partial charge in [-0.15, -0.1) is 0 Å². The van der Waals surface area contributed by atoms with Gasteiger partial charge in [-0.2, -0.15) is 0 Å². The molecule has 1 saturated heterocycles. The van der Waals surface area contributed by atoms with Crippen LogP contribution in [0.2, 0.25) is 0 Å². The Kier molecular flexibility index (Phi) is 4.46. The number of fused-ring (bicyclic) bond motifs is 1. The highest BCUT2D eigenvalue weighted by Gasteiger charge is 2.28. The largest absolute Gasteiger partial charge is 0.381 e. The zero-order valence-electron chi connectivity index (χ0n) is 14.0. The fourth-order valence-electron chi connectivity index (χ4n) is 3.64. The highest BCUT2D eigenvalue weighted by atomic mass is 19.1. The fourth-order valence-corrected chi connectivity index (χ4v) is 3.64. The van der Waals surface area contributed by atoms with Gasteiger partial charge in [0.1, 0.15) is 5.82 Å². The highest BCUT2D eigenvalue weighted by molar-refractivity contribution is 5.89. The third-order valence-corrected chi connectivity index (χ3v) is 4.90. The average Bonchev–Trinajstić information content (AvgIpc) is 3.14. The highest BCUT2D eigenvalue weighted by Crippen LogP contribution is 2.37. The predicted octanol–water partition coefficient (Wildman–Crippen LogP) is 3.88. The van der Waals surface area contributed by atoms with Crippen LogP contribution in [0.5, 0.6) is 0 Å². The molecule has 1 fully saturated rings. The summed E-state index contributed by atoms with van der Waals surface area (Å²) in [7, 11) is 1.64. The Morgan fingerprint density at radius 3 is 2.84 bits per heavy atom. The van der Waals surface area contributed by atoms with E-state index in [2.05, 4.69) is 15.0 Å². The SMILES string of the molecule is COC(c1cccc(-c2ccnc3nc[nH]c23)c1F)C1CCOCC1. The summed E-state index contributed by atoms with van der Waals surface area (Å²) in [5.41, 5.74) is 3.19. The second kappa shape index (κ2) is 6.90. The number of aromatic nitrogens is 3. The first-order valence-electron chi connectivity index (χ1n) is 8.47. The van der Waals surface area contributed by atoms with Gasteiger partial charge in [-0.1, -0.05) is 18.2 Å². The number of nitrogens with zero attached hydrogens (tertiary/aromatic N) is 2. The third-order valence-electron chi connectivity index (χ3n) is 4.90. The maximum atomic E-state index is 15.4. The van der Waals surface area contributed by atoms with Crippen molar-refractivity contribution < 1.29 is 13.9 Å². The minimum Gasteiger partial charge on any atom is -0.381 e. The molecule has 4 rings (SSSR count). The zero-order chi connectivity index (χ0) is 17.2. The fraction of sp³-hybridized carbons (Fsp3) is 0.368. The van der Waals surface area contributed by atoms with Crippen LogP contribution in [-0.2, 0) is 9.47 Å². The maximum absolute atomic E-state index is 15.4. The molecular weight excluding hydrogens is 321 g/mol. The van der Waals surface area contributed by atoms with E-state index in [0.717, 1.165) is 23.9 Å². The van der Waals surface area contributed by atoms with E-state index in [1.807, 2.05) is 12.1 Å². The standard InChI is InChI=1S/C19H20FN3O2/c1-24-18(12-6-9-25-10-7-12)15-4-2-3-13(16(15)20)14-5-8-21-19-17(14)22-11-23-19/h2-5,8,11-12,18H,6-7,9-10H2,1H3,(H,21,22,23). The number of hydrogen-bond acceptors (Lipinski definition) is 4. The lowest BCUT2D eigenvalue weighted by Gasteiger charge is -2.30. The van der Waals surface area contributed by atoms with Crippen molar-refractivity contribution in [2.75, 3.05) is 20.3 Å². The minimum atomic E-state index is -0.275. The van der Waals surface area contributed by atoms with E-state index < -0.39 is 0 Å². The van der Waals surface area contributed by atoms with Crippen LogP contribution in [-0.4, -0.2) is 35.3 Å². The molecular formula is C19H20FN3O2. The Morgan fingerprint density at radius 1 is 1.20 bits per heavy atom. The maximum Gasteiger partial charge on any atom is 0.178 e. The van der Waals surface area contributed by atoms with Crippen LogP contribution in [0.15, 0.2) is 36.8 Å². The molecule has 0 bridgehead atoms. The smallest absolute Gasteiger partial charge is 0.178 e. The number of hydrogen-bond donors (Lipinski definition) is 1. The molecule has 2 aromatic heterocycles. The van der Waals surface area contributed by atoms with Gasteiger partial charge in [0.2, 0.25) is 0 Å². The Bertz CT molecular complexity index is 874. The van der Waals surface area contributed by atoms with Gasteiger partial charge in [0, 0.05) is 43.2 Å². The van der Waals surface area contributed by atoms with Crippen molar-refractivity contribution in [3.8, 4) is 11.1 Å². The first-order chi connectivity index (χ1) is 12.3. The minimum absolute atomic E-state index is 0.247. The van der Waals surface area contributed by atoms with E-state index in [-0.39, 0.29) is 17.8 Å². The molecule has 1 N–H and O–H groups in total. The average molecular weight is 341 g/mol. The molecule has 3 heterocycles. The van der Waals surface area contributed by atoms with E-state index in [1.54, 1.807) is 31.8 Å².